The van der Waals surface area contributed by atoms with Gasteiger partial charge >= 0.3 is 0 Å². The molecule has 2 aromatic rings. The topological polar surface area (TPSA) is 42.9 Å². The molecule has 0 bridgehead atoms. The molecule has 0 fully saturated rings. The van der Waals surface area contributed by atoms with Crippen molar-refractivity contribution in [3.8, 4) is 0 Å². The Hall–Kier alpha value is -1.74. The number of aldehydes is 1. The van der Waals surface area contributed by atoms with Crippen LogP contribution in [-0.4, -0.2) is 16.3 Å². The summed E-state index contributed by atoms with van der Waals surface area (Å²) < 4.78 is 0. The molecular weight excluding hydrogens is 224 g/mol. The molecule has 1 aromatic heterocycles. The molecule has 0 radical (unpaired) electrons. The Balaban J connectivity index is 2.27. The van der Waals surface area contributed by atoms with E-state index in [0.717, 1.165) is 5.56 Å². The first-order valence-electron chi connectivity index (χ1n) is 4.80. The highest BCUT2D eigenvalue weighted by Gasteiger charge is 2.03. The molecule has 0 saturated heterocycles. The van der Waals surface area contributed by atoms with E-state index in [0.29, 0.717) is 29.2 Å². The molecule has 0 aliphatic rings. The van der Waals surface area contributed by atoms with Crippen LogP contribution < -0.4 is 0 Å². The zero-order valence-corrected chi connectivity index (χ0v) is 9.19. The molecule has 0 N–H and O–H groups in total. The van der Waals surface area contributed by atoms with Crippen LogP contribution >= 0.6 is 11.6 Å². The van der Waals surface area contributed by atoms with Crippen molar-refractivity contribution in [1.29, 1.82) is 0 Å². The van der Waals surface area contributed by atoms with Crippen LogP contribution in [0.5, 0.6) is 0 Å². The van der Waals surface area contributed by atoms with E-state index in [4.69, 9.17) is 11.6 Å². The number of carbonyl (C=O) groups is 1. The largest absolute Gasteiger partial charge is 0.296 e. The van der Waals surface area contributed by atoms with Crippen LogP contribution in [0.3, 0.4) is 0 Å². The van der Waals surface area contributed by atoms with Gasteiger partial charge in [-0.15, -0.1) is 0 Å². The Morgan fingerprint density at radius 2 is 2.06 bits per heavy atom. The van der Waals surface area contributed by atoms with Crippen LogP contribution in [0.15, 0.2) is 36.5 Å². The second kappa shape index (κ2) is 4.86. The summed E-state index contributed by atoms with van der Waals surface area (Å²) in [5.41, 5.74) is 1.34. The van der Waals surface area contributed by atoms with Crippen molar-refractivity contribution in [2.24, 2.45) is 0 Å². The van der Waals surface area contributed by atoms with Gasteiger partial charge in [-0.25, -0.2) is 9.97 Å². The predicted molar refractivity (Wildman–Crippen MR) is 61.7 cm³/mol. The number of carbonyl (C=O) groups excluding carboxylic acids is 1. The van der Waals surface area contributed by atoms with E-state index >= 15 is 0 Å². The lowest BCUT2D eigenvalue weighted by atomic mass is 10.1. The Kier molecular flexibility index (Phi) is 3.27. The van der Waals surface area contributed by atoms with E-state index in [2.05, 4.69) is 9.97 Å². The number of hydrogen-bond acceptors (Lipinski definition) is 3. The van der Waals surface area contributed by atoms with Crippen LogP contribution in [-0.2, 0) is 6.42 Å². The van der Waals surface area contributed by atoms with Gasteiger partial charge in [-0.05, 0) is 17.7 Å². The van der Waals surface area contributed by atoms with Gasteiger partial charge in [0.2, 0.25) is 0 Å². The van der Waals surface area contributed by atoms with Gasteiger partial charge in [0, 0.05) is 17.6 Å². The van der Waals surface area contributed by atoms with E-state index in [9.17, 15) is 4.79 Å². The molecule has 0 aliphatic heterocycles. The molecule has 0 atom stereocenters. The van der Waals surface area contributed by atoms with Gasteiger partial charge in [0.25, 0.3) is 0 Å². The minimum atomic E-state index is 0.386. The molecule has 0 unspecified atom stereocenters. The fourth-order valence-corrected chi connectivity index (χ4v) is 1.58. The Bertz CT molecular complexity index is 514. The Morgan fingerprint density at radius 1 is 1.25 bits per heavy atom. The molecule has 0 amide bonds. The van der Waals surface area contributed by atoms with Gasteiger partial charge in [-0.3, -0.25) is 4.79 Å². The van der Waals surface area contributed by atoms with E-state index in [-0.39, 0.29) is 0 Å². The predicted octanol–water partition coefficient (Wildman–Crippen LogP) is 2.53. The van der Waals surface area contributed by atoms with Gasteiger partial charge in [-0.2, -0.15) is 0 Å². The molecule has 0 spiro atoms. The normalized spacial score (nSPS) is 10.1. The summed E-state index contributed by atoms with van der Waals surface area (Å²) in [6.07, 6.45) is 2.81. The first-order chi connectivity index (χ1) is 7.79. The second-order valence-electron chi connectivity index (χ2n) is 3.28. The third-order valence-corrected chi connectivity index (χ3v) is 2.52. The second-order valence-corrected chi connectivity index (χ2v) is 3.69. The number of benzene rings is 1. The molecule has 0 saturated carbocycles. The van der Waals surface area contributed by atoms with Gasteiger partial charge < -0.3 is 0 Å². The standard InChI is InChI=1S/C12H9ClN2O/c13-11-4-2-1-3-9(11)7-12-14-6-5-10(8-16)15-12/h1-6,8H,7H2. The summed E-state index contributed by atoms with van der Waals surface area (Å²) in [5.74, 6) is 0.595. The number of halogens is 1. The molecule has 4 heteroatoms. The first-order valence-corrected chi connectivity index (χ1v) is 5.18. The van der Waals surface area contributed by atoms with Crippen LogP contribution in [0.4, 0.5) is 0 Å². The van der Waals surface area contributed by atoms with Gasteiger partial charge in [-0.1, -0.05) is 29.8 Å². The lowest BCUT2D eigenvalue weighted by molar-refractivity contribution is 0.111. The number of nitrogens with zero attached hydrogens (tertiary/aromatic N) is 2. The van der Waals surface area contributed by atoms with Crippen LogP contribution in [0.1, 0.15) is 21.9 Å². The van der Waals surface area contributed by atoms with Gasteiger partial charge in [0.1, 0.15) is 11.5 Å². The fourth-order valence-electron chi connectivity index (χ4n) is 1.38. The summed E-state index contributed by atoms with van der Waals surface area (Å²) in [5, 5.41) is 0.683. The average Bonchev–Trinajstić information content (AvgIpc) is 2.32. The van der Waals surface area contributed by atoms with Crippen molar-refractivity contribution < 1.29 is 4.79 Å². The summed E-state index contributed by atoms with van der Waals surface area (Å²) in [6.45, 7) is 0. The maximum Gasteiger partial charge on any atom is 0.168 e. The van der Waals surface area contributed by atoms with E-state index < -0.39 is 0 Å². The van der Waals surface area contributed by atoms with E-state index in [1.165, 1.54) is 0 Å². The van der Waals surface area contributed by atoms with Crippen molar-refractivity contribution in [1.82, 2.24) is 9.97 Å². The molecule has 16 heavy (non-hydrogen) atoms. The molecular formula is C12H9ClN2O. The summed E-state index contributed by atoms with van der Waals surface area (Å²) in [4.78, 5) is 18.7. The molecule has 1 aromatic carbocycles. The highest BCUT2D eigenvalue weighted by Crippen LogP contribution is 2.17. The van der Waals surface area contributed by atoms with Crippen molar-refractivity contribution in [3.63, 3.8) is 0 Å². The third kappa shape index (κ3) is 2.44. The zero-order valence-electron chi connectivity index (χ0n) is 8.43. The zero-order chi connectivity index (χ0) is 11.4. The van der Waals surface area contributed by atoms with Crippen molar-refractivity contribution >= 4 is 17.9 Å². The Labute approximate surface area is 98.1 Å². The lowest BCUT2D eigenvalue weighted by Crippen LogP contribution is -1.99. The molecule has 80 valence electrons. The minimum absolute atomic E-state index is 0.386. The number of aromatic nitrogens is 2. The lowest BCUT2D eigenvalue weighted by Gasteiger charge is -2.02. The van der Waals surface area contributed by atoms with Crippen LogP contribution in [0.25, 0.3) is 0 Å². The highest BCUT2D eigenvalue weighted by molar-refractivity contribution is 6.31. The maximum absolute atomic E-state index is 10.6. The monoisotopic (exact) mass is 232 g/mol. The fraction of sp³-hybridized carbons (Fsp3) is 0.0833. The third-order valence-electron chi connectivity index (χ3n) is 2.15. The summed E-state index contributed by atoms with van der Waals surface area (Å²) in [6, 6.07) is 9.09. The average molecular weight is 233 g/mol. The first kappa shape index (κ1) is 10.8. The van der Waals surface area contributed by atoms with Gasteiger partial charge in [0.05, 0.1) is 0 Å². The number of rotatable bonds is 3. The summed E-state index contributed by atoms with van der Waals surface area (Å²) >= 11 is 6.02. The molecule has 2 rings (SSSR count). The van der Waals surface area contributed by atoms with Crippen molar-refractivity contribution in [2.45, 2.75) is 6.42 Å². The van der Waals surface area contributed by atoms with Crippen molar-refractivity contribution in [2.75, 3.05) is 0 Å². The van der Waals surface area contributed by atoms with E-state index in [1.54, 1.807) is 12.3 Å². The molecule has 3 nitrogen and oxygen atoms in total. The SMILES string of the molecule is O=Cc1ccnc(Cc2ccccc2Cl)n1. The highest BCUT2D eigenvalue weighted by atomic mass is 35.5. The van der Waals surface area contributed by atoms with Crippen LogP contribution in [0, 0.1) is 0 Å². The minimum Gasteiger partial charge on any atom is -0.296 e. The Morgan fingerprint density at radius 3 is 2.81 bits per heavy atom. The van der Waals surface area contributed by atoms with Crippen LogP contribution in [0.2, 0.25) is 5.02 Å². The van der Waals surface area contributed by atoms with Crippen molar-refractivity contribution in [3.05, 3.63) is 58.6 Å². The maximum atomic E-state index is 10.6. The molecule has 1 heterocycles. The number of hydrogen-bond donors (Lipinski definition) is 0. The smallest absolute Gasteiger partial charge is 0.168 e. The quantitative estimate of drug-likeness (QED) is 0.764. The van der Waals surface area contributed by atoms with Gasteiger partial charge in [0.15, 0.2) is 6.29 Å². The van der Waals surface area contributed by atoms with E-state index in [1.807, 2.05) is 24.3 Å². The summed E-state index contributed by atoms with van der Waals surface area (Å²) in [7, 11) is 0. The molecule has 0 aliphatic carbocycles.